The van der Waals surface area contributed by atoms with E-state index in [1.807, 2.05) is 17.0 Å². The number of amides is 2. The van der Waals surface area contributed by atoms with Gasteiger partial charge in [-0.1, -0.05) is 6.92 Å². The highest BCUT2D eigenvalue weighted by atomic mass is 16.3. The first-order chi connectivity index (χ1) is 11.8. The first-order valence-corrected chi connectivity index (χ1v) is 9.30. The third-order valence-electron chi connectivity index (χ3n) is 5.22. The van der Waals surface area contributed by atoms with Gasteiger partial charge in [0.2, 0.25) is 0 Å². The zero-order valence-corrected chi connectivity index (χ0v) is 14.7. The van der Waals surface area contributed by atoms with Crippen LogP contribution in [0.5, 0.6) is 0 Å². The molecule has 0 aliphatic carbocycles. The predicted molar refractivity (Wildman–Crippen MR) is 94.0 cm³/mol. The Hall–Kier alpha value is -1.53. The largest absolute Gasteiger partial charge is 0.468 e. The van der Waals surface area contributed by atoms with Gasteiger partial charge in [-0.25, -0.2) is 4.79 Å². The molecule has 2 amide bonds. The molecule has 0 aromatic carbocycles. The fourth-order valence-corrected chi connectivity index (χ4v) is 3.73. The lowest BCUT2D eigenvalue weighted by atomic mass is 10.2. The molecule has 3 heterocycles. The van der Waals surface area contributed by atoms with Gasteiger partial charge in [-0.05, 0) is 57.6 Å². The summed E-state index contributed by atoms with van der Waals surface area (Å²) < 4.78 is 5.62. The second-order valence-corrected chi connectivity index (χ2v) is 6.74. The van der Waals surface area contributed by atoms with E-state index in [0.29, 0.717) is 6.54 Å². The van der Waals surface area contributed by atoms with E-state index in [1.165, 1.54) is 12.8 Å². The second kappa shape index (κ2) is 8.53. The first kappa shape index (κ1) is 17.3. The van der Waals surface area contributed by atoms with E-state index in [1.54, 1.807) is 6.26 Å². The lowest BCUT2D eigenvalue weighted by Crippen LogP contribution is -2.45. The molecule has 1 aromatic rings. The van der Waals surface area contributed by atoms with Gasteiger partial charge in [-0.15, -0.1) is 0 Å². The van der Waals surface area contributed by atoms with Crippen LogP contribution in [0.2, 0.25) is 0 Å². The van der Waals surface area contributed by atoms with E-state index >= 15 is 0 Å². The van der Waals surface area contributed by atoms with E-state index in [4.69, 9.17) is 4.42 Å². The van der Waals surface area contributed by atoms with E-state index in [0.717, 1.165) is 58.0 Å². The minimum Gasteiger partial charge on any atom is -0.468 e. The van der Waals surface area contributed by atoms with Crippen LogP contribution in [0.15, 0.2) is 22.8 Å². The summed E-state index contributed by atoms with van der Waals surface area (Å²) in [5.74, 6) is 0.949. The molecule has 134 valence electrons. The fraction of sp³-hybridized carbons (Fsp3) is 0.722. The minimum absolute atomic E-state index is 0.0590. The molecule has 0 bridgehead atoms. The summed E-state index contributed by atoms with van der Waals surface area (Å²) >= 11 is 0. The Morgan fingerprint density at radius 1 is 1.17 bits per heavy atom. The Morgan fingerprint density at radius 2 is 2.00 bits per heavy atom. The number of nitrogens with zero attached hydrogens (tertiary/aromatic N) is 3. The summed E-state index contributed by atoms with van der Waals surface area (Å²) in [6.45, 7) is 9.73. The Morgan fingerprint density at radius 3 is 2.71 bits per heavy atom. The molecular weight excluding hydrogens is 304 g/mol. The van der Waals surface area contributed by atoms with Crippen molar-refractivity contribution < 1.29 is 9.21 Å². The molecule has 1 N–H and O–H groups in total. The number of hydrogen-bond donors (Lipinski definition) is 1. The third-order valence-corrected chi connectivity index (χ3v) is 5.22. The van der Waals surface area contributed by atoms with Crippen molar-refractivity contribution in [2.75, 3.05) is 52.4 Å². The molecule has 0 unspecified atom stereocenters. The molecule has 2 aliphatic heterocycles. The van der Waals surface area contributed by atoms with Crippen molar-refractivity contribution in [2.45, 2.75) is 32.2 Å². The quantitative estimate of drug-likeness (QED) is 0.896. The summed E-state index contributed by atoms with van der Waals surface area (Å²) in [6, 6.07) is 4.14. The van der Waals surface area contributed by atoms with Gasteiger partial charge in [-0.2, -0.15) is 0 Å². The maximum absolute atomic E-state index is 12.6. The molecule has 24 heavy (non-hydrogen) atoms. The molecule has 3 rings (SSSR count). The van der Waals surface area contributed by atoms with Gasteiger partial charge >= 0.3 is 6.03 Å². The van der Waals surface area contributed by atoms with Crippen LogP contribution in [-0.4, -0.2) is 73.1 Å². The zero-order chi connectivity index (χ0) is 16.8. The van der Waals surface area contributed by atoms with Crippen LogP contribution in [0.4, 0.5) is 4.79 Å². The molecule has 6 nitrogen and oxygen atoms in total. The van der Waals surface area contributed by atoms with Gasteiger partial charge in [0.25, 0.3) is 0 Å². The lowest BCUT2D eigenvalue weighted by molar-refractivity contribution is 0.182. The van der Waals surface area contributed by atoms with Crippen LogP contribution >= 0.6 is 0 Å². The Bertz CT molecular complexity index is 499. The number of carbonyl (C=O) groups excluding carboxylic acids is 1. The highest BCUT2D eigenvalue weighted by molar-refractivity contribution is 5.74. The SMILES string of the molecule is CCN1CCCN(C(=O)NC[C@H](c2ccco2)N2CCCC2)CC1. The van der Waals surface area contributed by atoms with Gasteiger partial charge in [0.05, 0.1) is 12.3 Å². The van der Waals surface area contributed by atoms with Crippen LogP contribution in [0.25, 0.3) is 0 Å². The highest BCUT2D eigenvalue weighted by Gasteiger charge is 2.27. The summed E-state index contributed by atoms with van der Waals surface area (Å²) in [5, 5.41) is 3.15. The summed E-state index contributed by atoms with van der Waals surface area (Å²) in [4.78, 5) is 19.4. The number of likely N-dealkylation sites (tertiary alicyclic amines) is 1. The first-order valence-electron chi connectivity index (χ1n) is 9.30. The lowest BCUT2D eigenvalue weighted by Gasteiger charge is -2.28. The molecule has 0 saturated carbocycles. The fourth-order valence-electron chi connectivity index (χ4n) is 3.73. The number of urea groups is 1. The van der Waals surface area contributed by atoms with Gasteiger partial charge in [-0.3, -0.25) is 4.90 Å². The van der Waals surface area contributed by atoms with Gasteiger partial charge in [0.15, 0.2) is 0 Å². The van der Waals surface area contributed by atoms with Gasteiger partial charge < -0.3 is 19.5 Å². The highest BCUT2D eigenvalue weighted by Crippen LogP contribution is 2.24. The van der Waals surface area contributed by atoms with E-state index < -0.39 is 0 Å². The third kappa shape index (κ3) is 4.30. The molecule has 6 heteroatoms. The number of hydrogen-bond acceptors (Lipinski definition) is 4. The topological polar surface area (TPSA) is 52.0 Å². The molecule has 1 atom stereocenters. The Kier molecular flexibility index (Phi) is 6.15. The van der Waals surface area contributed by atoms with Crippen molar-refractivity contribution in [3.63, 3.8) is 0 Å². The number of nitrogens with one attached hydrogen (secondary N) is 1. The van der Waals surface area contributed by atoms with Crippen LogP contribution < -0.4 is 5.32 Å². The van der Waals surface area contributed by atoms with E-state index in [2.05, 4.69) is 22.0 Å². The van der Waals surface area contributed by atoms with Gasteiger partial charge in [0.1, 0.15) is 5.76 Å². The van der Waals surface area contributed by atoms with Crippen molar-refractivity contribution in [1.82, 2.24) is 20.0 Å². The Labute approximate surface area is 144 Å². The average Bonchev–Trinajstić information content (AvgIpc) is 3.26. The van der Waals surface area contributed by atoms with E-state index in [9.17, 15) is 4.79 Å². The smallest absolute Gasteiger partial charge is 0.317 e. The minimum atomic E-state index is 0.0590. The molecule has 0 radical (unpaired) electrons. The molecule has 2 fully saturated rings. The molecular formula is C18H30N4O2. The molecule has 2 aliphatic rings. The maximum atomic E-state index is 12.6. The van der Waals surface area contributed by atoms with Crippen molar-refractivity contribution in [1.29, 1.82) is 0 Å². The van der Waals surface area contributed by atoms with Crippen LogP contribution in [0.1, 0.15) is 38.0 Å². The van der Waals surface area contributed by atoms with Crippen molar-refractivity contribution in [2.24, 2.45) is 0 Å². The number of furan rings is 1. The molecule has 1 aromatic heterocycles. The van der Waals surface area contributed by atoms with Crippen LogP contribution in [0, 0.1) is 0 Å². The van der Waals surface area contributed by atoms with Crippen molar-refractivity contribution in [3.05, 3.63) is 24.2 Å². The number of rotatable bonds is 5. The Balaban J connectivity index is 1.55. The zero-order valence-electron chi connectivity index (χ0n) is 14.7. The number of likely N-dealkylation sites (N-methyl/N-ethyl adjacent to an activating group) is 1. The van der Waals surface area contributed by atoms with Crippen molar-refractivity contribution >= 4 is 6.03 Å². The van der Waals surface area contributed by atoms with E-state index in [-0.39, 0.29) is 12.1 Å². The van der Waals surface area contributed by atoms with Crippen LogP contribution in [0.3, 0.4) is 0 Å². The normalized spacial score (nSPS) is 21.6. The predicted octanol–water partition coefficient (Wildman–Crippen LogP) is 2.15. The summed E-state index contributed by atoms with van der Waals surface area (Å²) in [6.07, 6.45) is 5.22. The second-order valence-electron chi connectivity index (χ2n) is 6.74. The molecule has 0 spiro atoms. The maximum Gasteiger partial charge on any atom is 0.317 e. The summed E-state index contributed by atoms with van der Waals surface area (Å²) in [5.41, 5.74) is 0. The van der Waals surface area contributed by atoms with Gasteiger partial charge in [0, 0.05) is 26.2 Å². The van der Waals surface area contributed by atoms with Crippen molar-refractivity contribution in [3.8, 4) is 0 Å². The number of carbonyl (C=O) groups is 1. The average molecular weight is 334 g/mol. The van der Waals surface area contributed by atoms with Crippen LogP contribution in [-0.2, 0) is 0 Å². The monoisotopic (exact) mass is 334 g/mol. The summed E-state index contributed by atoms with van der Waals surface area (Å²) in [7, 11) is 0. The molecule has 2 saturated heterocycles. The standard InChI is InChI=1S/C18H30N4O2/c1-2-20-8-6-11-22(13-12-20)18(23)19-15-16(17-7-5-14-24-17)21-9-3-4-10-21/h5,7,14,16H,2-4,6,8-13,15H2,1H3,(H,19,23)/t16-/m1/s1.